The van der Waals surface area contributed by atoms with Gasteiger partial charge in [0, 0.05) is 31.0 Å². The maximum atomic E-state index is 11.9. The van der Waals surface area contributed by atoms with Crippen LogP contribution in [0, 0.1) is 5.92 Å². The van der Waals surface area contributed by atoms with Crippen LogP contribution in [0.4, 0.5) is 0 Å². The van der Waals surface area contributed by atoms with E-state index in [9.17, 15) is 9.59 Å². The fourth-order valence-corrected chi connectivity index (χ4v) is 2.32. The van der Waals surface area contributed by atoms with Crippen LogP contribution in [0.25, 0.3) is 0 Å². The second kappa shape index (κ2) is 5.15. The van der Waals surface area contributed by atoms with E-state index in [-0.39, 0.29) is 17.4 Å². The molecule has 2 saturated carbocycles. The number of hydrogen-bond acceptors (Lipinski definition) is 3. The van der Waals surface area contributed by atoms with Crippen molar-refractivity contribution in [2.24, 2.45) is 5.92 Å². The molecule has 0 unspecified atom stereocenters. The van der Waals surface area contributed by atoms with Crippen molar-refractivity contribution >= 4 is 5.91 Å². The fraction of sp³-hybridized carbons (Fsp3) is 0.643. The van der Waals surface area contributed by atoms with E-state index in [0.717, 1.165) is 37.8 Å². The van der Waals surface area contributed by atoms with Crippen LogP contribution in [0.2, 0.25) is 0 Å². The number of rotatable bonds is 5. The fourth-order valence-electron chi connectivity index (χ4n) is 2.32. The Morgan fingerprint density at radius 2 is 2.16 bits per heavy atom. The van der Waals surface area contributed by atoms with Crippen LogP contribution in [-0.4, -0.2) is 22.0 Å². The Morgan fingerprint density at radius 3 is 2.74 bits per heavy atom. The third-order valence-electron chi connectivity index (χ3n) is 4.02. The zero-order valence-corrected chi connectivity index (χ0v) is 11.0. The van der Waals surface area contributed by atoms with Gasteiger partial charge in [0.2, 0.25) is 5.91 Å². The lowest BCUT2D eigenvalue weighted by molar-refractivity contribution is -0.127. The number of carbonyl (C=O) groups is 1. The molecule has 1 heterocycles. The molecule has 0 radical (unpaired) electrons. The zero-order valence-electron chi connectivity index (χ0n) is 11.0. The molecule has 19 heavy (non-hydrogen) atoms. The molecule has 2 aliphatic carbocycles. The van der Waals surface area contributed by atoms with Gasteiger partial charge < -0.3 is 5.32 Å². The molecular weight excluding hydrogens is 242 g/mol. The van der Waals surface area contributed by atoms with Gasteiger partial charge in [-0.3, -0.25) is 14.2 Å². The van der Waals surface area contributed by atoms with Crippen LogP contribution in [0.15, 0.2) is 17.2 Å². The van der Waals surface area contributed by atoms with Gasteiger partial charge in [0.1, 0.15) is 0 Å². The van der Waals surface area contributed by atoms with Crippen molar-refractivity contribution in [1.82, 2.24) is 14.9 Å². The van der Waals surface area contributed by atoms with Crippen molar-refractivity contribution in [1.29, 1.82) is 0 Å². The van der Waals surface area contributed by atoms with Gasteiger partial charge in [-0.25, -0.2) is 4.98 Å². The van der Waals surface area contributed by atoms with Crippen molar-refractivity contribution < 1.29 is 4.79 Å². The zero-order chi connectivity index (χ0) is 13.2. The molecule has 2 fully saturated rings. The summed E-state index contributed by atoms with van der Waals surface area (Å²) in [6.07, 6.45) is 7.06. The van der Waals surface area contributed by atoms with Gasteiger partial charge in [-0.05, 0) is 25.7 Å². The van der Waals surface area contributed by atoms with Gasteiger partial charge in [-0.15, -0.1) is 0 Å². The molecule has 3 rings (SSSR count). The number of aromatic nitrogens is 2. The maximum absolute atomic E-state index is 11.9. The summed E-state index contributed by atoms with van der Waals surface area (Å²) in [4.78, 5) is 27.8. The monoisotopic (exact) mass is 261 g/mol. The average Bonchev–Trinajstić information content (AvgIpc) is 3.12. The number of carbonyl (C=O) groups excluding carboxylic acids is 1. The predicted octanol–water partition coefficient (Wildman–Crippen LogP) is 1.04. The Bertz CT molecular complexity index is 530. The van der Waals surface area contributed by atoms with Gasteiger partial charge in [-0.1, -0.05) is 6.42 Å². The van der Waals surface area contributed by atoms with Gasteiger partial charge in [0.05, 0.1) is 12.0 Å². The molecule has 0 saturated heterocycles. The lowest BCUT2D eigenvalue weighted by Crippen LogP contribution is -2.37. The highest BCUT2D eigenvalue weighted by molar-refractivity contribution is 5.79. The average molecular weight is 261 g/mol. The minimum absolute atomic E-state index is 0.0187. The van der Waals surface area contributed by atoms with E-state index in [4.69, 9.17) is 0 Å². The summed E-state index contributed by atoms with van der Waals surface area (Å²) >= 11 is 0. The highest BCUT2D eigenvalue weighted by Gasteiger charge is 2.26. The standard InChI is InChI=1S/C14H19N3O2/c18-13-8-12(10-4-5-10)16-9-17(13)7-6-15-14(19)11-2-1-3-11/h8-11H,1-7H2,(H,15,19). The summed E-state index contributed by atoms with van der Waals surface area (Å²) in [5.74, 6) is 0.828. The Balaban J connectivity index is 1.51. The Labute approximate surface area is 112 Å². The third kappa shape index (κ3) is 2.85. The van der Waals surface area contributed by atoms with E-state index in [1.54, 1.807) is 17.0 Å². The summed E-state index contributed by atoms with van der Waals surface area (Å²) in [6, 6.07) is 1.63. The van der Waals surface area contributed by atoms with E-state index in [0.29, 0.717) is 19.0 Å². The van der Waals surface area contributed by atoms with Crippen molar-refractivity contribution in [2.75, 3.05) is 6.54 Å². The normalized spacial score (nSPS) is 18.9. The van der Waals surface area contributed by atoms with Gasteiger partial charge in [0.25, 0.3) is 5.56 Å². The lowest BCUT2D eigenvalue weighted by atomic mass is 9.85. The van der Waals surface area contributed by atoms with E-state index in [1.165, 1.54) is 0 Å². The molecule has 1 N–H and O–H groups in total. The smallest absolute Gasteiger partial charge is 0.253 e. The molecule has 1 aromatic heterocycles. The molecular formula is C14H19N3O2. The van der Waals surface area contributed by atoms with Crippen molar-refractivity contribution in [3.63, 3.8) is 0 Å². The molecule has 0 spiro atoms. The van der Waals surface area contributed by atoms with Crippen molar-refractivity contribution in [3.05, 3.63) is 28.4 Å². The molecule has 0 aromatic carbocycles. The van der Waals surface area contributed by atoms with E-state index in [2.05, 4.69) is 10.3 Å². The molecule has 0 bridgehead atoms. The first kappa shape index (κ1) is 12.4. The minimum atomic E-state index is -0.0187. The third-order valence-corrected chi connectivity index (χ3v) is 4.02. The Kier molecular flexibility index (Phi) is 3.36. The molecule has 102 valence electrons. The second-order valence-electron chi connectivity index (χ2n) is 5.54. The van der Waals surface area contributed by atoms with Gasteiger partial charge in [-0.2, -0.15) is 0 Å². The van der Waals surface area contributed by atoms with Gasteiger partial charge in [0.15, 0.2) is 0 Å². The van der Waals surface area contributed by atoms with E-state index in [1.807, 2.05) is 0 Å². The number of nitrogens with zero attached hydrogens (tertiary/aromatic N) is 2. The lowest BCUT2D eigenvalue weighted by Gasteiger charge is -2.24. The largest absolute Gasteiger partial charge is 0.354 e. The molecule has 2 aliphatic rings. The highest BCUT2D eigenvalue weighted by Crippen LogP contribution is 2.38. The first-order valence-corrected chi connectivity index (χ1v) is 7.08. The van der Waals surface area contributed by atoms with Crippen LogP contribution in [0.1, 0.15) is 43.7 Å². The summed E-state index contributed by atoms with van der Waals surface area (Å²) < 4.78 is 1.56. The van der Waals surface area contributed by atoms with Crippen LogP contribution in [-0.2, 0) is 11.3 Å². The first-order chi connectivity index (χ1) is 9.24. The van der Waals surface area contributed by atoms with E-state index >= 15 is 0 Å². The quantitative estimate of drug-likeness (QED) is 0.861. The Morgan fingerprint density at radius 1 is 1.37 bits per heavy atom. The highest BCUT2D eigenvalue weighted by atomic mass is 16.2. The van der Waals surface area contributed by atoms with Gasteiger partial charge >= 0.3 is 0 Å². The number of nitrogens with one attached hydrogen (secondary N) is 1. The van der Waals surface area contributed by atoms with Crippen LogP contribution in [0.5, 0.6) is 0 Å². The second-order valence-corrected chi connectivity index (χ2v) is 5.54. The van der Waals surface area contributed by atoms with Crippen LogP contribution >= 0.6 is 0 Å². The van der Waals surface area contributed by atoms with Crippen LogP contribution < -0.4 is 10.9 Å². The maximum Gasteiger partial charge on any atom is 0.253 e. The minimum Gasteiger partial charge on any atom is -0.354 e. The summed E-state index contributed by atoms with van der Waals surface area (Å²) in [5, 5.41) is 2.88. The number of amides is 1. The van der Waals surface area contributed by atoms with Crippen molar-refractivity contribution in [2.45, 2.75) is 44.6 Å². The number of hydrogen-bond donors (Lipinski definition) is 1. The summed E-state index contributed by atoms with van der Waals surface area (Å²) in [5.41, 5.74) is 0.898. The molecule has 1 amide bonds. The predicted molar refractivity (Wildman–Crippen MR) is 70.8 cm³/mol. The molecule has 1 aromatic rings. The summed E-state index contributed by atoms with van der Waals surface area (Å²) in [7, 11) is 0. The molecule has 0 atom stereocenters. The van der Waals surface area contributed by atoms with Crippen molar-refractivity contribution in [3.8, 4) is 0 Å². The Hall–Kier alpha value is -1.65. The molecule has 5 nitrogen and oxygen atoms in total. The van der Waals surface area contributed by atoms with Crippen LogP contribution in [0.3, 0.4) is 0 Å². The molecule has 0 aliphatic heterocycles. The molecule has 5 heteroatoms. The first-order valence-electron chi connectivity index (χ1n) is 7.08. The van der Waals surface area contributed by atoms with E-state index < -0.39 is 0 Å². The SMILES string of the molecule is O=C(NCCn1cnc(C2CC2)cc1=O)C1CCC1. The summed E-state index contributed by atoms with van der Waals surface area (Å²) in [6.45, 7) is 0.995. The topological polar surface area (TPSA) is 64.0 Å².